The molecule has 0 saturated carbocycles. The highest BCUT2D eigenvalue weighted by Gasteiger charge is 2.24. The van der Waals surface area contributed by atoms with Crippen LogP contribution in [0.4, 0.5) is 14.0 Å². The van der Waals surface area contributed by atoms with Crippen LogP contribution in [0, 0.1) is 5.82 Å². The van der Waals surface area contributed by atoms with Crippen LogP contribution in [-0.2, 0) is 4.74 Å². The Morgan fingerprint density at radius 1 is 1.17 bits per heavy atom. The number of carbonyl (C=O) groups excluding carboxylic acids is 2. The van der Waals surface area contributed by atoms with Gasteiger partial charge in [-0.3, -0.25) is 0 Å². The molecule has 0 atom stereocenters. The fourth-order valence-corrected chi connectivity index (χ4v) is 2.18. The van der Waals surface area contributed by atoms with Crippen molar-refractivity contribution >= 4 is 18.2 Å². The van der Waals surface area contributed by atoms with Crippen LogP contribution in [-0.4, -0.2) is 54.7 Å². The van der Waals surface area contributed by atoms with Gasteiger partial charge in [0.1, 0.15) is 5.82 Å². The van der Waals surface area contributed by atoms with E-state index in [0.29, 0.717) is 32.8 Å². The van der Waals surface area contributed by atoms with Gasteiger partial charge in [0.15, 0.2) is 0 Å². The van der Waals surface area contributed by atoms with Gasteiger partial charge in [0.05, 0.1) is 6.61 Å². The molecule has 2 rings (SSSR count). The summed E-state index contributed by atoms with van der Waals surface area (Å²) in [5.41, 5.74) is 0.791. The predicted molar refractivity (Wildman–Crippen MR) is 84.1 cm³/mol. The molecule has 1 aromatic rings. The summed E-state index contributed by atoms with van der Waals surface area (Å²) in [6.45, 7) is 3.91. The third-order valence-corrected chi connectivity index (χ3v) is 3.45. The van der Waals surface area contributed by atoms with Gasteiger partial charge >= 0.3 is 12.1 Å². The maximum Gasteiger partial charge on any atom is 0.409 e. The quantitative estimate of drug-likeness (QED) is 0.929. The van der Waals surface area contributed by atoms with Gasteiger partial charge in [-0.15, -0.1) is 0 Å². The molecule has 1 aliphatic rings. The van der Waals surface area contributed by atoms with Gasteiger partial charge in [0, 0.05) is 32.4 Å². The number of piperazine rings is 1. The summed E-state index contributed by atoms with van der Waals surface area (Å²) in [5.74, 6) is -0.300. The monoisotopic (exact) mass is 321 g/mol. The zero-order chi connectivity index (χ0) is 16.7. The lowest BCUT2D eigenvalue weighted by Gasteiger charge is -2.33. The molecule has 0 aliphatic carbocycles. The molecular weight excluding hydrogens is 301 g/mol. The Balaban J connectivity index is 1.76. The van der Waals surface area contributed by atoms with Gasteiger partial charge < -0.3 is 19.9 Å². The van der Waals surface area contributed by atoms with Crippen molar-refractivity contribution in [2.24, 2.45) is 0 Å². The van der Waals surface area contributed by atoms with Gasteiger partial charge in [0.2, 0.25) is 0 Å². The number of nitrogens with zero attached hydrogens (tertiary/aromatic N) is 2. The molecule has 3 amide bonds. The predicted octanol–water partition coefficient (Wildman–Crippen LogP) is 2.28. The zero-order valence-electron chi connectivity index (χ0n) is 13.0. The molecule has 1 aliphatic heterocycles. The molecule has 0 unspecified atom stereocenters. The summed E-state index contributed by atoms with van der Waals surface area (Å²) >= 11 is 0. The number of halogens is 1. The van der Waals surface area contributed by atoms with E-state index in [-0.39, 0.29) is 17.9 Å². The van der Waals surface area contributed by atoms with E-state index in [9.17, 15) is 14.0 Å². The van der Waals surface area contributed by atoms with E-state index in [1.807, 2.05) is 0 Å². The first-order valence-corrected chi connectivity index (χ1v) is 7.49. The van der Waals surface area contributed by atoms with Crippen LogP contribution < -0.4 is 5.32 Å². The second-order valence-corrected chi connectivity index (χ2v) is 5.01. The minimum Gasteiger partial charge on any atom is -0.450 e. The van der Waals surface area contributed by atoms with Crippen LogP contribution in [0.15, 0.2) is 30.5 Å². The molecule has 7 heteroatoms. The zero-order valence-corrected chi connectivity index (χ0v) is 13.0. The molecule has 1 fully saturated rings. The first-order valence-electron chi connectivity index (χ1n) is 7.49. The normalized spacial score (nSPS) is 14.9. The first kappa shape index (κ1) is 16.8. The Morgan fingerprint density at radius 3 is 2.39 bits per heavy atom. The van der Waals surface area contributed by atoms with Crippen LogP contribution >= 0.6 is 0 Å². The standard InChI is InChI=1S/C16H20FN3O3/c1-2-23-16(22)20-11-9-19(10-12-20)15(21)18-8-7-13-3-5-14(17)6-4-13/h3-8H,2,9-12H2,1H3,(H,18,21)/b8-7+. The average Bonchev–Trinajstić information content (AvgIpc) is 2.57. The van der Waals surface area contributed by atoms with Crippen molar-refractivity contribution < 1.29 is 18.7 Å². The summed E-state index contributed by atoms with van der Waals surface area (Å²) < 4.78 is 17.7. The van der Waals surface area contributed by atoms with Crippen LogP contribution in [0.25, 0.3) is 6.08 Å². The highest BCUT2D eigenvalue weighted by molar-refractivity contribution is 5.76. The molecule has 124 valence electrons. The molecule has 0 radical (unpaired) electrons. The molecule has 0 aromatic heterocycles. The maximum absolute atomic E-state index is 12.8. The van der Waals surface area contributed by atoms with Crippen LogP contribution in [0.2, 0.25) is 0 Å². The number of rotatable bonds is 3. The lowest BCUT2D eigenvalue weighted by molar-refractivity contribution is 0.0856. The van der Waals surface area contributed by atoms with Crippen LogP contribution in [0.1, 0.15) is 12.5 Å². The number of ether oxygens (including phenoxy) is 1. The number of hydrogen-bond donors (Lipinski definition) is 1. The molecule has 1 N–H and O–H groups in total. The van der Waals surface area contributed by atoms with Crippen LogP contribution in [0.5, 0.6) is 0 Å². The number of carbonyl (C=O) groups is 2. The molecule has 23 heavy (non-hydrogen) atoms. The number of nitrogens with one attached hydrogen (secondary N) is 1. The number of hydrogen-bond acceptors (Lipinski definition) is 3. The van der Waals surface area contributed by atoms with Crippen molar-refractivity contribution in [2.45, 2.75) is 6.92 Å². The van der Waals surface area contributed by atoms with Crippen molar-refractivity contribution in [3.8, 4) is 0 Å². The van der Waals surface area contributed by atoms with E-state index in [0.717, 1.165) is 5.56 Å². The van der Waals surface area contributed by atoms with Gasteiger partial charge in [0.25, 0.3) is 0 Å². The second kappa shape index (κ2) is 8.17. The fraction of sp³-hybridized carbons (Fsp3) is 0.375. The minimum absolute atomic E-state index is 0.230. The summed E-state index contributed by atoms with van der Waals surface area (Å²) in [7, 11) is 0. The Morgan fingerprint density at radius 2 is 1.78 bits per heavy atom. The highest BCUT2D eigenvalue weighted by Crippen LogP contribution is 2.06. The van der Waals surface area contributed by atoms with Crippen molar-refractivity contribution in [1.29, 1.82) is 0 Å². The topological polar surface area (TPSA) is 61.9 Å². The molecule has 1 aromatic carbocycles. The molecule has 1 heterocycles. The Bertz CT molecular complexity index is 566. The lowest BCUT2D eigenvalue weighted by Crippen LogP contribution is -2.52. The van der Waals surface area contributed by atoms with Crippen molar-refractivity contribution in [3.63, 3.8) is 0 Å². The van der Waals surface area contributed by atoms with Crippen molar-refractivity contribution in [2.75, 3.05) is 32.8 Å². The fourth-order valence-electron chi connectivity index (χ4n) is 2.18. The number of benzene rings is 1. The Labute approximate surface area is 134 Å². The molecular formula is C16H20FN3O3. The van der Waals surface area contributed by atoms with Crippen molar-refractivity contribution in [1.82, 2.24) is 15.1 Å². The lowest BCUT2D eigenvalue weighted by atomic mass is 10.2. The van der Waals surface area contributed by atoms with Gasteiger partial charge in [-0.2, -0.15) is 0 Å². The van der Waals surface area contributed by atoms with Gasteiger partial charge in [-0.25, -0.2) is 14.0 Å². The Hall–Kier alpha value is -2.57. The third kappa shape index (κ3) is 4.98. The highest BCUT2D eigenvalue weighted by atomic mass is 19.1. The smallest absolute Gasteiger partial charge is 0.409 e. The third-order valence-electron chi connectivity index (χ3n) is 3.45. The number of urea groups is 1. The summed E-state index contributed by atoms with van der Waals surface area (Å²) in [5, 5.41) is 2.66. The molecule has 1 saturated heterocycles. The van der Waals surface area contributed by atoms with E-state index in [4.69, 9.17) is 4.74 Å². The van der Waals surface area contributed by atoms with E-state index < -0.39 is 0 Å². The summed E-state index contributed by atoms with van der Waals surface area (Å²) in [4.78, 5) is 26.8. The molecule has 6 nitrogen and oxygen atoms in total. The summed E-state index contributed by atoms with van der Waals surface area (Å²) in [6, 6.07) is 5.73. The Kier molecular flexibility index (Phi) is 5.96. The maximum atomic E-state index is 12.8. The first-order chi connectivity index (χ1) is 11.1. The van der Waals surface area contributed by atoms with Crippen molar-refractivity contribution in [3.05, 3.63) is 41.8 Å². The SMILES string of the molecule is CCOC(=O)N1CCN(C(=O)N/C=C/c2ccc(F)cc2)CC1. The van der Waals surface area contributed by atoms with Gasteiger partial charge in [-0.1, -0.05) is 12.1 Å². The van der Waals surface area contributed by atoms with E-state index in [1.54, 1.807) is 34.9 Å². The minimum atomic E-state index is -0.344. The van der Waals surface area contributed by atoms with E-state index in [1.165, 1.54) is 18.3 Å². The number of amides is 3. The van der Waals surface area contributed by atoms with Gasteiger partial charge in [-0.05, 0) is 30.7 Å². The van der Waals surface area contributed by atoms with E-state index >= 15 is 0 Å². The second-order valence-electron chi connectivity index (χ2n) is 5.01. The largest absolute Gasteiger partial charge is 0.450 e. The van der Waals surface area contributed by atoms with Crippen LogP contribution in [0.3, 0.4) is 0 Å². The molecule has 0 spiro atoms. The average molecular weight is 321 g/mol. The molecule has 0 bridgehead atoms. The summed E-state index contributed by atoms with van der Waals surface area (Å²) in [6.07, 6.45) is 2.86. The van der Waals surface area contributed by atoms with E-state index in [2.05, 4.69) is 5.32 Å².